The van der Waals surface area contributed by atoms with Crippen LogP contribution in [0.5, 0.6) is 5.75 Å². The first-order valence-electron chi connectivity index (χ1n) is 7.91. The Kier molecular flexibility index (Phi) is 5.09. The van der Waals surface area contributed by atoms with E-state index in [0.717, 1.165) is 16.9 Å². The van der Waals surface area contributed by atoms with Crippen LogP contribution >= 0.6 is 0 Å². The summed E-state index contributed by atoms with van der Waals surface area (Å²) in [5, 5.41) is 8.04. The van der Waals surface area contributed by atoms with Crippen LogP contribution in [0, 0.1) is 6.92 Å². The van der Waals surface area contributed by atoms with Crippen LogP contribution in [0.25, 0.3) is 0 Å². The van der Waals surface area contributed by atoms with Crippen molar-refractivity contribution in [1.82, 2.24) is 15.0 Å². The summed E-state index contributed by atoms with van der Waals surface area (Å²) in [7, 11) is 1.63. The maximum atomic E-state index is 12.2. The molecule has 0 radical (unpaired) electrons. The van der Waals surface area contributed by atoms with Gasteiger partial charge in [0.1, 0.15) is 12.4 Å². The van der Waals surface area contributed by atoms with Crippen molar-refractivity contribution in [3.63, 3.8) is 0 Å². The number of hydrogen-bond acceptors (Lipinski definition) is 5. The molecule has 0 aliphatic rings. The number of carbonyl (C=O) groups excluding carboxylic acids is 1. The van der Waals surface area contributed by atoms with Crippen molar-refractivity contribution in [1.29, 1.82) is 0 Å². The molecular formula is C19H19N3O3. The van der Waals surface area contributed by atoms with E-state index in [9.17, 15) is 4.79 Å². The van der Waals surface area contributed by atoms with Crippen molar-refractivity contribution in [3.05, 3.63) is 77.1 Å². The highest BCUT2D eigenvalue weighted by molar-refractivity contribution is 5.88. The monoisotopic (exact) mass is 337 g/mol. The molecule has 3 aromatic rings. The van der Waals surface area contributed by atoms with E-state index < -0.39 is 5.97 Å². The van der Waals surface area contributed by atoms with Crippen LogP contribution in [-0.4, -0.2) is 28.1 Å². The average molecular weight is 337 g/mol. The summed E-state index contributed by atoms with van der Waals surface area (Å²) in [6, 6.07) is 17.2. The molecule has 0 atom stereocenters. The summed E-state index contributed by atoms with van der Waals surface area (Å²) < 4.78 is 12.2. The Bertz CT molecular complexity index is 859. The van der Waals surface area contributed by atoms with Crippen molar-refractivity contribution in [3.8, 4) is 5.75 Å². The highest BCUT2D eigenvalue weighted by Crippen LogP contribution is 2.15. The Morgan fingerprint density at radius 3 is 2.60 bits per heavy atom. The Balaban J connectivity index is 1.68. The molecule has 1 aromatic heterocycles. The van der Waals surface area contributed by atoms with Crippen LogP contribution in [0.1, 0.15) is 27.3 Å². The normalized spacial score (nSPS) is 10.5. The highest BCUT2D eigenvalue weighted by Gasteiger charge is 2.18. The van der Waals surface area contributed by atoms with Crippen molar-refractivity contribution in [2.75, 3.05) is 7.11 Å². The molecule has 0 amide bonds. The number of carbonyl (C=O) groups is 1. The summed E-state index contributed by atoms with van der Waals surface area (Å²) in [6.07, 6.45) is 0. The van der Waals surface area contributed by atoms with Gasteiger partial charge in [-0.05, 0) is 30.2 Å². The third-order valence-electron chi connectivity index (χ3n) is 3.86. The number of aromatic nitrogens is 3. The lowest BCUT2D eigenvalue weighted by molar-refractivity contribution is 0.0464. The molecule has 128 valence electrons. The van der Waals surface area contributed by atoms with Gasteiger partial charge in [-0.25, -0.2) is 9.48 Å². The van der Waals surface area contributed by atoms with E-state index in [-0.39, 0.29) is 12.3 Å². The van der Waals surface area contributed by atoms with Gasteiger partial charge >= 0.3 is 5.97 Å². The van der Waals surface area contributed by atoms with Gasteiger partial charge in [0, 0.05) is 0 Å². The SMILES string of the molecule is COc1cccc(Cn2nnc(C(=O)OCc3ccccc3)c2C)c1. The first-order valence-corrected chi connectivity index (χ1v) is 7.91. The van der Waals surface area contributed by atoms with E-state index in [1.807, 2.05) is 54.6 Å². The van der Waals surface area contributed by atoms with Gasteiger partial charge in [0.2, 0.25) is 0 Å². The number of hydrogen-bond donors (Lipinski definition) is 0. The predicted octanol–water partition coefficient (Wildman–Crippen LogP) is 3.00. The van der Waals surface area contributed by atoms with Gasteiger partial charge in [-0.3, -0.25) is 0 Å². The standard InChI is InChI=1S/C19H19N3O3/c1-14-18(19(23)25-13-15-7-4-3-5-8-15)20-21-22(14)12-16-9-6-10-17(11-16)24-2/h3-11H,12-13H2,1-2H3. The van der Waals surface area contributed by atoms with Gasteiger partial charge < -0.3 is 9.47 Å². The van der Waals surface area contributed by atoms with Gasteiger partial charge in [0.25, 0.3) is 0 Å². The molecule has 6 nitrogen and oxygen atoms in total. The fourth-order valence-electron chi connectivity index (χ4n) is 2.43. The number of benzene rings is 2. The number of methoxy groups -OCH3 is 1. The topological polar surface area (TPSA) is 66.2 Å². The zero-order chi connectivity index (χ0) is 17.6. The van der Waals surface area contributed by atoms with Crippen molar-refractivity contribution >= 4 is 5.97 Å². The lowest BCUT2D eigenvalue weighted by Gasteiger charge is -2.06. The minimum absolute atomic E-state index is 0.210. The molecular weight excluding hydrogens is 318 g/mol. The molecule has 1 heterocycles. The molecule has 0 aliphatic carbocycles. The van der Waals surface area contributed by atoms with Gasteiger partial charge in [-0.15, -0.1) is 5.10 Å². The molecule has 25 heavy (non-hydrogen) atoms. The van der Waals surface area contributed by atoms with E-state index in [1.165, 1.54) is 0 Å². The van der Waals surface area contributed by atoms with Crippen LogP contribution in [0.3, 0.4) is 0 Å². The van der Waals surface area contributed by atoms with Crippen molar-refractivity contribution in [2.45, 2.75) is 20.1 Å². The largest absolute Gasteiger partial charge is 0.497 e. The molecule has 2 aromatic carbocycles. The first kappa shape index (κ1) is 16.7. The average Bonchev–Trinajstić information content (AvgIpc) is 3.01. The Morgan fingerprint density at radius 2 is 1.84 bits per heavy atom. The second-order valence-electron chi connectivity index (χ2n) is 5.59. The molecule has 0 bridgehead atoms. The van der Waals surface area contributed by atoms with Crippen molar-refractivity contribution < 1.29 is 14.3 Å². The van der Waals surface area contributed by atoms with Crippen LogP contribution < -0.4 is 4.74 Å². The Hall–Kier alpha value is -3.15. The van der Waals surface area contributed by atoms with E-state index in [1.54, 1.807) is 18.7 Å². The van der Waals surface area contributed by atoms with E-state index in [0.29, 0.717) is 12.2 Å². The van der Waals surface area contributed by atoms with Crippen molar-refractivity contribution in [2.24, 2.45) is 0 Å². The molecule has 0 saturated carbocycles. The summed E-state index contributed by atoms with van der Waals surface area (Å²) in [6.45, 7) is 2.52. The third-order valence-corrected chi connectivity index (χ3v) is 3.86. The summed E-state index contributed by atoms with van der Waals surface area (Å²) in [4.78, 5) is 12.2. The quantitative estimate of drug-likeness (QED) is 0.647. The zero-order valence-electron chi connectivity index (χ0n) is 14.2. The summed E-state index contributed by atoms with van der Waals surface area (Å²) >= 11 is 0. The van der Waals surface area contributed by atoms with Gasteiger partial charge in [-0.2, -0.15) is 0 Å². The lowest BCUT2D eigenvalue weighted by atomic mass is 10.2. The van der Waals surface area contributed by atoms with Crippen LogP contribution in [-0.2, 0) is 17.9 Å². The Morgan fingerprint density at radius 1 is 1.08 bits per heavy atom. The van der Waals surface area contributed by atoms with Crippen LogP contribution in [0.2, 0.25) is 0 Å². The van der Waals surface area contributed by atoms with Crippen LogP contribution in [0.4, 0.5) is 0 Å². The molecule has 0 fully saturated rings. The second-order valence-corrected chi connectivity index (χ2v) is 5.59. The lowest BCUT2D eigenvalue weighted by Crippen LogP contribution is -2.09. The van der Waals surface area contributed by atoms with E-state index >= 15 is 0 Å². The number of ether oxygens (including phenoxy) is 2. The molecule has 0 spiro atoms. The van der Waals surface area contributed by atoms with E-state index in [2.05, 4.69) is 10.3 Å². The summed E-state index contributed by atoms with van der Waals surface area (Å²) in [5.41, 5.74) is 2.84. The van der Waals surface area contributed by atoms with E-state index in [4.69, 9.17) is 9.47 Å². The number of nitrogens with zero attached hydrogens (tertiary/aromatic N) is 3. The fourth-order valence-corrected chi connectivity index (χ4v) is 2.43. The number of esters is 1. The third kappa shape index (κ3) is 4.03. The van der Waals surface area contributed by atoms with Crippen LogP contribution in [0.15, 0.2) is 54.6 Å². The minimum Gasteiger partial charge on any atom is -0.497 e. The predicted molar refractivity (Wildman–Crippen MR) is 92.4 cm³/mol. The maximum absolute atomic E-state index is 12.2. The molecule has 0 N–H and O–H groups in total. The fraction of sp³-hybridized carbons (Fsp3) is 0.211. The van der Waals surface area contributed by atoms with Gasteiger partial charge in [-0.1, -0.05) is 47.7 Å². The Labute approximate surface area is 146 Å². The molecule has 0 aliphatic heterocycles. The van der Waals surface area contributed by atoms with Gasteiger partial charge in [0.15, 0.2) is 5.69 Å². The molecule has 0 unspecified atom stereocenters. The maximum Gasteiger partial charge on any atom is 0.361 e. The molecule has 6 heteroatoms. The number of rotatable bonds is 6. The zero-order valence-corrected chi connectivity index (χ0v) is 14.2. The van der Waals surface area contributed by atoms with Gasteiger partial charge in [0.05, 0.1) is 19.3 Å². The molecule has 0 saturated heterocycles. The molecule has 3 rings (SSSR count). The smallest absolute Gasteiger partial charge is 0.361 e. The second kappa shape index (κ2) is 7.61. The summed E-state index contributed by atoms with van der Waals surface area (Å²) in [5.74, 6) is 0.302. The highest BCUT2D eigenvalue weighted by atomic mass is 16.5. The minimum atomic E-state index is -0.474. The first-order chi connectivity index (χ1) is 12.2.